The van der Waals surface area contributed by atoms with Crippen molar-refractivity contribution in [1.82, 2.24) is 20.5 Å². The molecule has 2 aliphatic rings. The van der Waals surface area contributed by atoms with E-state index >= 15 is 0 Å². The maximum absolute atomic E-state index is 13.4. The Morgan fingerprint density at radius 3 is 2.64 bits per heavy atom. The SMILES string of the molecule is CC(C)(C)OC(=O)NCCON=C(C(=O)NC1C(=O)N2C(C(=O)OCc3ccc([N+](=O)[O-])cc3)=C(Cl)CS[C@@H]12)c1csc(NC=O)n1. The summed E-state index contributed by atoms with van der Waals surface area (Å²) in [6.45, 7) is 4.74. The first-order chi connectivity index (χ1) is 22.3. The third-order valence-corrected chi connectivity index (χ3v) is 8.60. The second-order valence-corrected chi connectivity index (χ2v) is 13.0. The lowest BCUT2D eigenvalue weighted by molar-refractivity contribution is -0.384. The topological polar surface area (TPSA) is 221 Å². The molecule has 47 heavy (non-hydrogen) atoms. The normalized spacial score (nSPS) is 17.6. The van der Waals surface area contributed by atoms with E-state index in [1.807, 2.05) is 0 Å². The lowest BCUT2D eigenvalue weighted by atomic mass is 10.0. The van der Waals surface area contributed by atoms with E-state index in [1.165, 1.54) is 41.4 Å². The summed E-state index contributed by atoms with van der Waals surface area (Å²) >= 11 is 8.54. The van der Waals surface area contributed by atoms with Gasteiger partial charge in [0.1, 0.15) is 41.6 Å². The van der Waals surface area contributed by atoms with Crippen LogP contribution in [-0.2, 0) is 40.1 Å². The summed E-state index contributed by atoms with van der Waals surface area (Å²) in [7, 11) is 0. The molecule has 1 saturated heterocycles. The van der Waals surface area contributed by atoms with Gasteiger partial charge in [-0.05, 0) is 38.5 Å². The minimum atomic E-state index is -1.08. The minimum absolute atomic E-state index is 0.00667. The Morgan fingerprint density at radius 1 is 1.26 bits per heavy atom. The van der Waals surface area contributed by atoms with E-state index in [4.69, 9.17) is 25.9 Å². The number of esters is 1. The van der Waals surface area contributed by atoms with E-state index in [0.717, 1.165) is 16.2 Å². The number of β-lactam (4-membered cyclic amide) rings is 1. The number of nitro benzene ring substituents is 1. The highest BCUT2D eigenvalue weighted by atomic mass is 35.5. The number of carbonyl (C=O) groups excluding carboxylic acids is 5. The predicted molar refractivity (Wildman–Crippen MR) is 169 cm³/mol. The molecule has 4 amide bonds. The number of anilines is 1. The quantitative estimate of drug-likeness (QED) is 0.0519. The Kier molecular flexibility index (Phi) is 11.4. The molecule has 3 N–H and O–H groups in total. The van der Waals surface area contributed by atoms with Crippen molar-refractivity contribution in [3.8, 4) is 0 Å². The Bertz CT molecular complexity index is 1620. The molecule has 250 valence electrons. The monoisotopic (exact) mass is 709 g/mol. The van der Waals surface area contributed by atoms with Crippen molar-refractivity contribution in [3.63, 3.8) is 0 Å². The first kappa shape index (κ1) is 35.1. The van der Waals surface area contributed by atoms with E-state index in [1.54, 1.807) is 20.8 Å². The number of halogens is 1. The summed E-state index contributed by atoms with van der Waals surface area (Å²) in [5.41, 5.74) is -0.803. The number of nitrogens with zero attached hydrogens (tertiary/aromatic N) is 4. The summed E-state index contributed by atoms with van der Waals surface area (Å²) in [5, 5.41) is 23.2. The van der Waals surface area contributed by atoms with Crippen LogP contribution in [0.5, 0.6) is 0 Å². The highest BCUT2D eigenvalue weighted by Crippen LogP contribution is 2.41. The van der Waals surface area contributed by atoms with Gasteiger partial charge in [0.25, 0.3) is 17.5 Å². The molecule has 4 rings (SSSR count). The lowest BCUT2D eigenvalue weighted by Crippen LogP contribution is -2.71. The first-order valence-corrected chi connectivity index (χ1v) is 16.0. The molecule has 20 heteroatoms. The molecule has 2 atom stereocenters. The van der Waals surface area contributed by atoms with Crippen LogP contribution in [0.1, 0.15) is 32.0 Å². The fraction of sp³-hybridized carbons (Fsp3) is 0.370. The number of oxime groups is 1. The van der Waals surface area contributed by atoms with Crippen molar-refractivity contribution < 1.29 is 43.2 Å². The Morgan fingerprint density at radius 2 is 1.98 bits per heavy atom. The zero-order valence-corrected chi connectivity index (χ0v) is 27.4. The number of aromatic nitrogens is 1. The summed E-state index contributed by atoms with van der Waals surface area (Å²) < 4.78 is 10.5. The van der Waals surface area contributed by atoms with Gasteiger partial charge in [-0.15, -0.1) is 23.1 Å². The van der Waals surface area contributed by atoms with E-state index in [-0.39, 0.29) is 58.5 Å². The molecule has 0 aliphatic carbocycles. The van der Waals surface area contributed by atoms with Gasteiger partial charge in [-0.2, -0.15) is 0 Å². The highest BCUT2D eigenvalue weighted by molar-refractivity contribution is 8.00. The van der Waals surface area contributed by atoms with E-state index in [0.29, 0.717) is 12.0 Å². The van der Waals surface area contributed by atoms with Gasteiger partial charge in [-0.25, -0.2) is 14.6 Å². The van der Waals surface area contributed by atoms with Crippen LogP contribution in [0.15, 0.2) is 45.5 Å². The predicted octanol–water partition coefficient (Wildman–Crippen LogP) is 2.46. The number of benzene rings is 1. The molecule has 3 heterocycles. The molecule has 1 aromatic heterocycles. The average Bonchev–Trinajstić information content (AvgIpc) is 3.47. The number of hydrogen-bond acceptors (Lipinski definition) is 14. The average molecular weight is 710 g/mol. The third-order valence-electron chi connectivity index (χ3n) is 6.08. The van der Waals surface area contributed by atoms with Gasteiger partial charge < -0.3 is 30.3 Å². The van der Waals surface area contributed by atoms with Gasteiger partial charge in [0.2, 0.25) is 6.41 Å². The number of thioether (sulfide) groups is 1. The van der Waals surface area contributed by atoms with Crippen LogP contribution in [0, 0.1) is 10.1 Å². The van der Waals surface area contributed by atoms with Gasteiger partial charge in [0.15, 0.2) is 10.8 Å². The van der Waals surface area contributed by atoms with Crippen LogP contribution in [0.25, 0.3) is 0 Å². The van der Waals surface area contributed by atoms with Crippen molar-refractivity contribution in [2.24, 2.45) is 5.16 Å². The minimum Gasteiger partial charge on any atom is -0.456 e. The molecule has 0 bridgehead atoms. The fourth-order valence-electron chi connectivity index (χ4n) is 4.04. The Balaban J connectivity index is 1.40. The summed E-state index contributed by atoms with van der Waals surface area (Å²) in [6, 6.07) is 4.32. The molecule has 0 saturated carbocycles. The Labute approximate surface area is 280 Å². The number of fused-ring (bicyclic) bond motifs is 1. The summed E-state index contributed by atoms with van der Waals surface area (Å²) in [5.74, 6) is -2.22. The maximum Gasteiger partial charge on any atom is 0.407 e. The fourth-order valence-corrected chi connectivity index (χ4v) is 6.24. The number of hydrogen-bond donors (Lipinski definition) is 3. The van der Waals surface area contributed by atoms with Gasteiger partial charge in [-0.1, -0.05) is 16.8 Å². The van der Waals surface area contributed by atoms with Crippen LogP contribution in [0.3, 0.4) is 0 Å². The number of alkyl carbamates (subject to hydrolysis) is 1. The Hall–Kier alpha value is -4.75. The first-order valence-electron chi connectivity index (χ1n) is 13.7. The number of carbonyl (C=O) groups is 5. The second kappa shape index (κ2) is 15.2. The van der Waals surface area contributed by atoms with Crippen molar-refractivity contribution in [2.75, 3.05) is 24.2 Å². The number of nitrogens with one attached hydrogen (secondary N) is 3. The van der Waals surface area contributed by atoms with Crippen LogP contribution in [-0.4, -0.2) is 86.7 Å². The zero-order valence-electron chi connectivity index (χ0n) is 25.0. The van der Waals surface area contributed by atoms with Crippen LogP contribution in [0.4, 0.5) is 15.6 Å². The van der Waals surface area contributed by atoms with Crippen molar-refractivity contribution in [2.45, 2.75) is 44.4 Å². The van der Waals surface area contributed by atoms with Crippen LogP contribution >= 0.6 is 34.7 Å². The van der Waals surface area contributed by atoms with E-state index < -0.39 is 45.8 Å². The molecule has 1 unspecified atom stereocenters. The number of nitro groups is 1. The molecule has 0 radical (unpaired) electrons. The van der Waals surface area contributed by atoms with Crippen molar-refractivity contribution >= 4 is 81.5 Å². The van der Waals surface area contributed by atoms with Gasteiger partial charge in [0.05, 0.1) is 16.5 Å². The summed E-state index contributed by atoms with van der Waals surface area (Å²) in [6.07, 6.45) is -0.262. The zero-order chi connectivity index (χ0) is 34.3. The molecule has 2 aromatic rings. The molecule has 17 nitrogen and oxygen atoms in total. The third kappa shape index (κ3) is 8.95. The second-order valence-electron chi connectivity index (χ2n) is 10.6. The highest BCUT2D eigenvalue weighted by Gasteiger charge is 2.54. The standard InChI is InChI=1S/C27H28ClN7O10S2/c1-27(2,3)45-26(40)29-8-9-44-33-18(17-12-47-25(31-17)30-13-36)21(37)32-19-22(38)34-20(16(28)11-46-23(19)34)24(39)43-10-14-4-6-15(7-5-14)35(41)42/h4-7,12-13,19,23H,8-11H2,1-3H3,(H,29,40)(H,32,37)(H,30,31,36)/t19?,23-/m0/s1. The van der Waals surface area contributed by atoms with Gasteiger partial charge in [-0.3, -0.25) is 29.4 Å². The van der Waals surface area contributed by atoms with Crippen molar-refractivity contribution in [1.29, 1.82) is 0 Å². The smallest absolute Gasteiger partial charge is 0.407 e. The molecular formula is C27H28ClN7O10S2. The molecule has 2 aliphatic heterocycles. The molecular weight excluding hydrogens is 682 g/mol. The van der Waals surface area contributed by atoms with Crippen LogP contribution < -0.4 is 16.0 Å². The number of thiazole rings is 1. The number of ether oxygens (including phenoxy) is 2. The van der Waals surface area contributed by atoms with E-state index in [2.05, 4.69) is 26.1 Å². The summed E-state index contributed by atoms with van der Waals surface area (Å²) in [4.78, 5) is 83.1. The maximum atomic E-state index is 13.4. The largest absolute Gasteiger partial charge is 0.456 e. The number of non-ortho nitro benzene ring substituents is 1. The number of amides is 4. The number of rotatable bonds is 13. The van der Waals surface area contributed by atoms with Gasteiger partial charge >= 0.3 is 12.1 Å². The molecule has 0 spiro atoms. The molecule has 1 aromatic carbocycles. The molecule has 1 fully saturated rings. The lowest BCUT2D eigenvalue weighted by Gasteiger charge is -2.49. The van der Waals surface area contributed by atoms with E-state index in [9.17, 15) is 34.1 Å². The van der Waals surface area contributed by atoms with Gasteiger partial charge in [0, 0.05) is 23.3 Å². The van der Waals surface area contributed by atoms with Crippen molar-refractivity contribution in [3.05, 3.63) is 61.7 Å². The van der Waals surface area contributed by atoms with Crippen LogP contribution in [0.2, 0.25) is 0 Å².